The Kier molecular flexibility index (Phi) is 8.71. The molecule has 0 aliphatic heterocycles. The van der Waals surface area contributed by atoms with Crippen LogP contribution in [-0.4, -0.2) is 32.4 Å². The quantitative estimate of drug-likeness (QED) is 0.215. The van der Waals surface area contributed by atoms with Gasteiger partial charge in [-0.2, -0.15) is 5.26 Å². The molecule has 3 aromatic carbocycles. The molecular weight excluding hydrogens is 489 g/mol. The van der Waals surface area contributed by atoms with Crippen molar-refractivity contribution in [3.8, 4) is 6.07 Å². The minimum absolute atomic E-state index is 0.250. The first kappa shape index (κ1) is 25.4. The molecule has 0 unspecified atom stereocenters. The highest BCUT2D eigenvalue weighted by atomic mass is 32.2. The van der Waals surface area contributed by atoms with Crippen LogP contribution in [0.2, 0.25) is 0 Å². The molecule has 0 spiro atoms. The van der Waals surface area contributed by atoms with E-state index < -0.39 is 0 Å². The number of nitrogens with one attached hydrogen (secondary N) is 1. The Labute approximate surface area is 220 Å². The van der Waals surface area contributed by atoms with E-state index in [2.05, 4.69) is 20.9 Å². The van der Waals surface area contributed by atoms with Crippen molar-refractivity contribution in [1.29, 1.82) is 5.26 Å². The number of anilines is 1. The third kappa shape index (κ3) is 6.72. The normalized spacial score (nSPS) is 10.6. The summed E-state index contributed by atoms with van der Waals surface area (Å²) in [5.41, 5.74) is 4.25. The highest BCUT2D eigenvalue weighted by Crippen LogP contribution is 2.19. The van der Waals surface area contributed by atoms with Crippen LogP contribution in [0.5, 0.6) is 0 Å². The second-order valence-corrected chi connectivity index (χ2v) is 9.51. The number of hydrogen-bond donors (Lipinski definition) is 1. The number of benzene rings is 3. The minimum Gasteiger partial charge on any atom is -0.344 e. The first-order valence-electron chi connectivity index (χ1n) is 11.5. The van der Waals surface area contributed by atoms with Gasteiger partial charge in [0.05, 0.1) is 18.0 Å². The van der Waals surface area contributed by atoms with Gasteiger partial charge in [0.15, 0.2) is 5.11 Å². The van der Waals surface area contributed by atoms with Crippen LogP contribution in [0.1, 0.15) is 22.4 Å². The van der Waals surface area contributed by atoms with Crippen LogP contribution < -0.4 is 5.32 Å². The Balaban J connectivity index is 1.48. The molecule has 182 valence electrons. The average molecular weight is 516 g/mol. The maximum atomic E-state index is 14.5. The van der Waals surface area contributed by atoms with E-state index in [1.165, 1.54) is 11.0 Å². The lowest BCUT2D eigenvalue weighted by atomic mass is 10.1. The molecule has 1 N–H and O–H groups in total. The van der Waals surface area contributed by atoms with Crippen molar-refractivity contribution in [2.75, 3.05) is 18.1 Å². The third-order valence-corrected chi connectivity index (χ3v) is 6.92. The molecule has 36 heavy (non-hydrogen) atoms. The molecule has 0 atom stereocenters. The van der Waals surface area contributed by atoms with E-state index in [0.717, 1.165) is 16.9 Å². The van der Waals surface area contributed by atoms with Gasteiger partial charge in [-0.15, -0.1) is 11.8 Å². The maximum absolute atomic E-state index is 14.5. The predicted molar refractivity (Wildman–Crippen MR) is 147 cm³/mol. The van der Waals surface area contributed by atoms with Crippen molar-refractivity contribution >= 4 is 34.8 Å². The number of imidazole rings is 1. The van der Waals surface area contributed by atoms with Crippen molar-refractivity contribution in [1.82, 2.24) is 14.5 Å². The van der Waals surface area contributed by atoms with Crippen molar-refractivity contribution in [2.24, 2.45) is 0 Å². The molecule has 0 aliphatic rings. The molecule has 0 amide bonds. The molecule has 0 fully saturated rings. The van der Waals surface area contributed by atoms with Crippen molar-refractivity contribution < 1.29 is 4.39 Å². The molecular formula is C28H26FN5S2. The van der Waals surface area contributed by atoms with Crippen LogP contribution in [0.3, 0.4) is 0 Å². The lowest BCUT2D eigenvalue weighted by molar-refractivity contribution is 0.408. The van der Waals surface area contributed by atoms with Crippen molar-refractivity contribution in [2.45, 2.75) is 24.4 Å². The van der Waals surface area contributed by atoms with E-state index in [9.17, 15) is 4.39 Å². The van der Waals surface area contributed by atoms with Crippen molar-refractivity contribution in [3.63, 3.8) is 0 Å². The maximum Gasteiger partial charge on any atom is 0.173 e. The minimum atomic E-state index is -0.250. The smallest absolute Gasteiger partial charge is 0.173 e. The summed E-state index contributed by atoms with van der Waals surface area (Å²) in [6, 6.07) is 24.5. The van der Waals surface area contributed by atoms with Gasteiger partial charge in [0, 0.05) is 54.1 Å². The summed E-state index contributed by atoms with van der Waals surface area (Å²) in [5, 5.41) is 12.9. The Morgan fingerprint density at radius 2 is 1.86 bits per heavy atom. The number of aromatic nitrogens is 2. The summed E-state index contributed by atoms with van der Waals surface area (Å²) in [4.78, 5) is 7.49. The lowest BCUT2D eigenvalue weighted by Crippen LogP contribution is -2.36. The number of halogens is 1. The van der Waals surface area contributed by atoms with Crippen LogP contribution in [0, 0.1) is 17.1 Å². The number of thiocarbonyl (C=S) groups is 1. The average Bonchev–Trinajstić information content (AvgIpc) is 3.35. The summed E-state index contributed by atoms with van der Waals surface area (Å²) in [6.45, 7) is 1.59. The number of thioether (sulfide) groups is 1. The number of rotatable bonds is 9. The molecule has 1 aromatic heterocycles. The number of nitrogens with zero attached hydrogens (tertiary/aromatic N) is 4. The van der Waals surface area contributed by atoms with Crippen molar-refractivity contribution in [3.05, 3.63) is 114 Å². The zero-order chi connectivity index (χ0) is 25.3. The van der Waals surface area contributed by atoms with Gasteiger partial charge in [0.2, 0.25) is 0 Å². The summed E-state index contributed by atoms with van der Waals surface area (Å²) in [5.74, 6) is -0.250. The standard InChI is InChI=1S/C28H26FN5S2/c1-36-26-12-10-24(11-13-26)32-28(35)33(19-23-4-2-3-5-27(23)29)15-14-25-17-31-20-34(25)18-22-8-6-21(16-30)7-9-22/h2-13,17,20H,14-15,18-19H2,1H3,(H,32,35). The Morgan fingerprint density at radius 3 is 2.56 bits per heavy atom. The molecule has 4 rings (SSSR count). The van der Waals surface area contributed by atoms with Crippen LogP contribution >= 0.6 is 24.0 Å². The molecule has 0 saturated heterocycles. The van der Waals surface area contributed by atoms with E-state index in [0.29, 0.717) is 42.3 Å². The second-order valence-electron chi connectivity index (χ2n) is 8.24. The zero-order valence-corrected chi connectivity index (χ0v) is 21.5. The van der Waals surface area contributed by atoms with Crippen LogP contribution in [0.4, 0.5) is 10.1 Å². The van der Waals surface area contributed by atoms with Gasteiger partial charge >= 0.3 is 0 Å². The Morgan fingerprint density at radius 1 is 1.11 bits per heavy atom. The van der Waals surface area contributed by atoms with Crippen LogP contribution in [-0.2, 0) is 19.5 Å². The van der Waals surface area contributed by atoms with E-state index in [4.69, 9.17) is 17.5 Å². The summed E-state index contributed by atoms with van der Waals surface area (Å²) >= 11 is 7.44. The lowest BCUT2D eigenvalue weighted by Gasteiger charge is -2.26. The second kappa shape index (κ2) is 12.3. The zero-order valence-electron chi connectivity index (χ0n) is 19.9. The largest absolute Gasteiger partial charge is 0.344 e. The number of nitriles is 1. The first-order valence-corrected chi connectivity index (χ1v) is 13.1. The molecule has 0 bridgehead atoms. The molecule has 8 heteroatoms. The molecule has 4 aromatic rings. The summed E-state index contributed by atoms with van der Waals surface area (Å²) in [7, 11) is 0. The molecule has 0 aliphatic carbocycles. The Bertz CT molecular complexity index is 1340. The van der Waals surface area contributed by atoms with Crippen LogP contribution in [0.15, 0.2) is 90.2 Å². The van der Waals surface area contributed by atoms with Gasteiger partial charge in [-0.3, -0.25) is 0 Å². The molecule has 1 heterocycles. The molecule has 0 radical (unpaired) electrons. The van der Waals surface area contributed by atoms with Gasteiger partial charge < -0.3 is 14.8 Å². The van der Waals surface area contributed by atoms with E-state index >= 15 is 0 Å². The van der Waals surface area contributed by atoms with E-state index in [1.807, 2.05) is 71.9 Å². The monoisotopic (exact) mass is 515 g/mol. The Hall–Kier alpha value is -3.67. The fourth-order valence-electron chi connectivity index (χ4n) is 3.79. The third-order valence-electron chi connectivity index (χ3n) is 5.82. The SMILES string of the molecule is CSc1ccc(NC(=S)N(CCc2cncn2Cc2ccc(C#N)cc2)Cc2ccccc2F)cc1. The highest BCUT2D eigenvalue weighted by Gasteiger charge is 2.15. The first-order chi connectivity index (χ1) is 17.6. The van der Waals surface area contributed by atoms with Gasteiger partial charge in [-0.05, 0) is 66.5 Å². The topological polar surface area (TPSA) is 56.9 Å². The van der Waals surface area contributed by atoms with Gasteiger partial charge in [0.25, 0.3) is 0 Å². The summed E-state index contributed by atoms with van der Waals surface area (Å²) in [6.07, 6.45) is 6.37. The molecule has 0 saturated carbocycles. The number of hydrogen-bond acceptors (Lipinski definition) is 4. The molecule has 5 nitrogen and oxygen atoms in total. The van der Waals surface area contributed by atoms with Gasteiger partial charge in [0.1, 0.15) is 5.82 Å². The fourth-order valence-corrected chi connectivity index (χ4v) is 4.47. The van der Waals surface area contributed by atoms with E-state index in [1.54, 1.807) is 30.2 Å². The van der Waals surface area contributed by atoms with Gasteiger partial charge in [-0.1, -0.05) is 30.3 Å². The van der Waals surface area contributed by atoms with Crippen LogP contribution in [0.25, 0.3) is 0 Å². The predicted octanol–water partition coefficient (Wildman–Crippen LogP) is 6.11. The fraction of sp³-hybridized carbons (Fsp3) is 0.179. The highest BCUT2D eigenvalue weighted by molar-refractivity contribution is 7.98. The van der Waals surface area contributed by atoms with Gasteiger partial charge in [-0.25, -0.2) is 9.37 Å². The van der Waals surface area contributed by atoms with E-state index in [-0.39, 0.29) is 5.82 Å². The summed E-state index contributed by atoms with van der Waals surface area (Å²) < 4.78 is 16.6.